The van der Waals surface area contributed by atoms with Crippen LogP contribution in [0.5, 0.6) is 0 Å². The standard InChI is InChI=1S/C11H14F3N3OS/c1-6(7-2-15-3-7)10(18)16-4-9-17-8(5-19-9)11(12,13)14/h5-7,15H,2-4H2,1H3,(H,16,18). The van der Waals surface area contributed by atoms with Gasteiger partial charge in [0.1, 0.15) is 5.01 Å². The molecule has 0 bridgehead atoms. The first-order valence-electron chi connectivity index (χ1n) is 5.88. The summed E-state index contributed by atoms with van der Waals surface area (Å²) in [6.45, 7) is 3.49. The fraction of sp³-hybridized carbons (Fsp3) is 0.636. The maximum atomic E-state index is 12.3. The van der Waals surface area contributed by atoms with Crippen LogP contribution in [-0.2, 0) is 17.5 Å². The molecule has 1 amide bonds. The molecule has 0 aliphatic carbocycles. The van der Waals surface area contributed by atoms with Crippen LogP contribution >= 0.6 is 11.3 Å². The number of halogens is 3. The van der Waals surface area contributed by atoms with E-state index in [2.05, 4.69) is 15.6 Å². The Morgan fingerprint density at radius 2 is 2.32 bits per heavy atom. The second-order valence-corrected chi connectivity index (χ2v) is 5.49. The SMILES string of the molecule is CC(C(=O)NCc1nc(C(F)(F)F)cs1)C1CNC1. The molecule has 1 aliphatic heterocycles. The summed E-state index contributed by atoms with van der Waals surface area (Å²) in [5.74, 6) is 0.0283. The first kappa shape index (κ1) is 14.3. The lowest BCUT2D eigenvalue weighted by Crippen LogP contribution is -2.49. The summed E-state index contributed by atoms with van der Waals surface area (Å²) < 4.78 is 37.0. The molecule has 0 radical (unpaired) electrons. The van der Waals surface area contributed by atoms with Crippen molar-refractivity contribution in [3.05, 3.63) is 16.1 Å². The van der Waals surface area contributed by atoms with Crippen LogP contribution in [0.2, 0.25) is 0 Å². The van der Waals surface area contributed by atoms with E-state index < -0.39 is 11.9 Å². The molecule has 4 nitrogen and oxygen atoms in total. The minimum absolute atomic E-state index is 0.0457. The summed E-state index contributed by atoms with van der Waals surface area (Å²) in [5.41, 5.74) is -0.905. The van der Waals surface area contributed by atoms with Crippen molar-refractivity contribution in [3.63, 3.8) is 0 Å². The van der Waals surface area contributed by atoms with E-state index in [0.29, 0.717) is 5.92 Å². The normalized spacial score (nSPS) is 17.9. The van der Waals surface area contributed by atoms with E-state index in [1.165, 1.54) is 0 Å². The van der Waals surface area contributed by atoms with Gasteiger partial charge in [0, 0.05) is 11.3 Å². The van der Waals surface area contributed by atoms with Crippen LogP contribution in [0.4, 0.5) is 13.2 Å². The Morgan fingerprint density at radius 1 is 1.63 bits per heavy atom. The van der Waals surface area contributed by atoms with E-state index in [9.17, 15) is 18.0 Å². The van der Waals surface area contributed by atoms with Crippen molar-refractivity contribution in [3.8, 4) is 0 Å². The molecule has 1 fully saturated rings. The van der Waals surface area contributed by atoms with Crippen LogP contribution in [0.15, 0.2) is 5.38 Å². The second kappa shape index (κ2) is 5.46. The maximum absolute atomic E-state index is 12.3. The summed E-state index contributed by atoms with van der Waals surface area (Å²) >= 11 is 0.900. The predicted octanol–water partition coefficient (Wildman–Crippen LogP) is 1.63. The molecule has 0 saturated carbocycles. The molecule has 1 aromatic rings. The van der Waals surface area contributed by atoms with Gasteiger partial charge in [-0.05, 0) is 19.0 Å². The molecule has 1 atom stereocenters. The number of nitrogens with one attached hydrogen (secondary N) is 2. The van der Waals surface area contributed by atoms with Gasteiger partial charge in [-0.1, -0.05) is 6.92 Å². The number of amides is 1. The van der Waals surface area contributed by atoms with Crippen LogP contribution in [0.1, 0.15) is 17.6 Å². The van der Waals surface area contributed by atoms with Crippen molar-refractivity contribution in [2.45, 2.75) is 19.6 Å². The number of aromatic nitrogens is 1. The monoisotopic (exact) mass is 293 g/mol. The Labute approximate surface area is 112 Å². The van der Waals surface area contributed by atoms with Gasteiger partial charge in [0.25, 0.3) is 0 Å². The lowest BCUT2D eigenvalue weighted by atomic mass is 9.88. The number of carbonyl (C=O) groups excluding carboxylic acids is 1. The Kier molecular flexibility index (Phi) is 4.10. The topological polar surface area (TPSA) is 54.0 Å². The molecule has 1 aliphatic rings. The number of thiazole rings is 1. The molecular formula is C11H14F3N3OS. The van der Waals surface area contributed by atoms with Crippen LogP contribution in [0.3, 0.4) is 0 Å². The fourth-order valence-electron chi connectivity index (χ4n) is 1.72. The Balaban J connectivity index is 1.84. The minimum atomic E-state index is -4.43. The smallest absolute Gasteiger partial charge is 0.349 e. The second-order valence-electron chi connectivity index (χ2n) is 4.55. The zero-order chi connectivity index (χ0) is 14.0. The largest absolute Gasteiger partial charge is 0.434 e. The zero-order valence-electron chi connectivity index (χ0n) is 10.3. The highest BCUT2D eigenvalue weighted by Gasteiger charge is 2.34. The third-order valence-electron chi connectivity index (χ3n) is 3.19. The number of nitrogens with zero attached hydrogens (tertiary/aromatic N) is 1. The maximum Gasteiger partial charge on any atom is 0.434 e. The minimum Gasteiger partial charge on any atom is -0.349 e. The lowest BCUT2D eigenvalue weighted by Gasteiger charge is -2.31. The Hall–Kier alpha value is -1.15. The number of alkyl halides is 3. The predicted molar refractivity (Wildman–Crippen MR) is 64.5 cm³/mol. The molecule has 0 aromatic carbocycles. The van der Waals surface area contributed by atoms with Crippen molar-refractivity contribution in [2.24, 2.45) is 11.8 Å². The first-order chi connectivity index (χ1) is 8.88. The highest BCUT2D eigenvalue weighted by Crippen LogP contribution is 2.29. The molecule has 2 heterocycles. The molecule has 1 saturated heterocycles. The molecule has 19 heavy (non-hydrogen) atoms. The third-order valence-corrected chi connectivity index (χ3v) is 4.04. The van der Waals surface area contributed by atoms with E-state index in [1.807, 2.05) is 6.92 Å². The van der Waals surface area contributed by atoms with Crippen molar-refractivity contribution in [1.82, 2.24) is 15.6 Å². The molecule has 1 unspecified atom stereocenters. The molecule has 1 aromatic heterocycles. The highest BCUT2D eigenvalue weighted by atomic mass is 32.1. The lowest BCUT2D eigenvalue weighted by molar-refractivity contribution is -0.140. The summed E-state index contributed by atoms with van der Waals surface area (Å²) in [4.78, 5) is 15.2. The number of carbonyl (C=O) groups is 1. The average Bonchev–Trinajstić information content (AvgIpc) is 2.71. The van der Waals surface area contributed by atoms with Gasteiger partial charge in [0.2, 0.25) is 5.91 Å². The number of hydrogen-bond acceptors (Lipinski definition) is 4. The summed E-state index contributed by atoms with van der Waals surface area (Å²) in [6, 6.07) is 0. The number of rotatable bonds is 4. The fourth-order valence-corrected chi connectivity index (χ4v) is 2.47. The van der Waals surface area contributed by atoms with Gasteiger partial charge in [-0.2, -0.15) is 13.2 Å². The van der Waals surface area contributed by atoms with Gasteiger partial charge in [0.15, 0.2) is 5.69 Å². The molecular weight excluding hydrogens is 279 g/mol. The Bertz CT molecular complexity index is 456. The number of hydrogen-bond donors (Lipinski definition) is 2. The Morgan fingerprint density at radius 3 is 2.79 bits per heavy atom. The van der Waals surface area contributed by atoms with Crippen molar-refractivity contribution in [2.75, 3.05) is 13.1 Å². The highest BCUT2D eigenvalue weighted by molar-refractivity contribution is 7.09. The van der Waals surface area contributed by atoms with Gasteiger partial charge in [-0.15, -0.1) is 11.3 Å². The van der Waals surface area contributed by atoms with Crippen molar-refractivity contribution in [1.29, 1.82) is 0 Å². The van der Waals surface area contributed by atoms with Crippen LogP contribution in [0.25, 0.3) is 0 Å². The van der Waals surface area contributed by atoms with Crippen LogP contribution in [0, 0.1) is 11.8 Å². The molecule has 0 spiro atoms. The summed E-state index contributed by atoms with van der Waals surface area (Å²) in [7, 11) is 0. The van der Waals surface area contributed by atoms with Gasteiger partial charge in [-0.3, -0.25) is 4.79 Å². The van der Waals surface area contributed by atoms with E-state index >= 15 is 0 Å². The zero-order valence-corrected chi connectivity index (χ0v) is 11.1. The van der Waals surface area contributed by atoms with E-state index in [1.54, 1.807) is 0 Å². The first-order valence-corrected chi connectivity index (χ1v) is 6.76. The average molecular weight is 293 g/mol. The summed E-state index contributed by atoms with van der Waals surface area (Å²) in [6.07, 6.45) is -4.43. The molecule has 2 N–H and O–H groups in total. The van der Waals surface area contributed by atoms with Crippen molar-refractivity contribution < 1.29 is 18.0 Å². The molecule has 106 valence electrons. The van der Waals surface area contributed by atoms with E-state index in [4.69, 9.17) is 0 Å². The molecule has 8 heteroatoms. The van der Waals surface area contributed by atoms with Crippen LogP contribution < -0.4 is 10.6 Å². The third kappa shape index (κ3) is 3.44. The van der Waals surface area contributed by atoms with Gasteiger partial charge in [0.05, 0.1) is 6.54 Å². The molecule has 2 rings (SSSR count). The van der Waals surface area contributed by atoms with Gasteiger partial charge >= 0.3 is 6.18 Å². The summed E-state index contributed by atoms with van der Waals surface area (Å²) in [5, 5.41) is 6.92. The van der Waals surface area contributed by atoms with Crippen LogP contribution in [-0.4, -0.2) is 24.0 Å². The van der Waals surface area contributed by atoms with E-state index in [-0.39, 0.29) is 23.4 Å². The van der Waals surface area contributed by atoms with Gasteiger partial charge < -0.3 is 10.6 Å². The van der Waals surface area contributed by atoms with E-state index in [0.717, 1.165) is 29.8 Å². The van der Waals surface area contributed by atoms with Gasteiger partial charge in [-0.25, -0.2) is 4.98 Å². The van der Waals surface area contributed by atoms with Crippen molar-refractivity contribution >= 4 is 17.2 Å². The quantitative estimate of drug-likeness (QED) is 0.887.